The Hall–Kier alpha value is -2.19. The highest BCUT2D eigenvalue weighted by Gasteiger charge is 2.24. The van der Waals surface area contributed by atoms with E-state index in [0.29, 0.717) is 17.1 Å². The molecule has 22 heavy (non-hydrogen) atoms. The third kappa shape index (κ3) is 5.30. The molecule has 0 bridgehead atoms. The summed E-state index contributed by atoms with van der Waals surface area (Å²) in [6, 6.07) is 1.80. The highest BCUT2D eigenvalue weighted by Crippen LogP contribution is 2.18. The maximum absolute atomic E-state index is 11.0. The Balaban J connectivity index is 0.000000346. The van der Waals surface area contributed by atoms with Gasteiger partial charge in [0.05, 0.1) is 6.54 Å². The van der Waals surface area contributed by atoms with Crippen molar-refractivity contribution in [2.45, 2.75) is 24.2 Å². The second kappa shape index (κ2) is 8.30. The zero-order chi connectivity index (χ0) is 16.7. The Bertz CT molecular complexity index is 564. The van der Waals surface area contributed by atoms with Crippen LogP contribution in [0.3, 0.4) is 0 Å². The number of alkyl halides is 1. The SMILES string of the molecule is N#Cc1c(CN2CCC(Br)CC2)no[n+]1[O-].O=C(O)C(=O)O. The average molecular weight is 377 g/mol. The number of aliphatic carboxylic acids is 2. The first-order valence-corrected chi connectivity index (χ1v) is 7.08. The maximum atomic E-state index is 11.0. The molecule has 2 N–H and O–H groups in total. The van der Waals surface area contributed by atoms with Crippen LogP contribution in [0.1, 0.15) is 24.2 Å². The van der Waals surface area contributed by atoms with Crippen LogP contribution in [0.4, 0.5) is 0 Å². The molecule has 1 aliphatic heterocycles. The monoisotopic (exact) mass is 376 g/mol. The highest BCUT2D eigenvalue weighted by atomic mass is 79.9. The number of likely N-dealkylation sites (tertiary alicyclic amines) is 1. The largest absolute Gasteiger partial charge is 0.473 e. The minimum absolute atomic E-state index is 0.0408. The lowest BCUT2D eigenvalue weighted by Crippen LogP contribution is -2.34. The molecule has 0 aliphatic carbocycles. The van der Waals surface area contributed by atoms with Crippen molar-refractivity contribution in [3.8, 4) is 6.07 Å². The minimum Gasteiger partial charge on any atom is -0.473 e. The van der Waals surface area contributed by atoms with Crippen molar-refractivity contribution in [3.63, 3.8) is 0 Å². The molecular weight excluding hydrogens is 364 g/mol. The number of rotatable bonds is 2. The van der Waals surface area contributed by atoms with Crippen molar-refractivity contribution in [3.05, 3.63) is 16.6 Å². The van der Waals surface area contributed by atoms with Gasteiger partial charge in [0.25, 0.3) is 11.4 Å². The number of nitrogens with zero attached hydrogens (tertiary/aromatic N) is 4. The molecule has 0 atom stereocenters. The third-order valence-electron chi connectivity index (χ3n) is 2.86. The lowest BCUT2D eigenvalue weighted by molar-refractivity contribution is -0.804. The molecule has 10 nitrogen and oxygen atoms in total. The van der Waals surface area contributed by atoms with Crippen molar-refractivity contribution < 1.29 is 29.3 Å². The third-order valence-corrected chi connectivity index (χ3v) is 3.78. The fourth-order valence-corrected chi connectivity index (χ4v) is 2.17. The second-order valence-corrected chi connectivity index (χ2v) is 5.69. The van der Waals surface area contributed by atoms with E-state index in [1.165, 1.54) is 0 Å². The average Bonchev–Trinajstić information content (AvgIpc) is 2.82. The van der Waals surface area contributed by atoms with Crippen LogP contribution in [-0.2, 0) is 16.1 Å². The molecule has 1 aliphatic rings. The summed E-state index contributed by atoms with van der Waals surface area (Å²) in [7, 11) is 0. The molecule has 1 fully saturated rings. The zero-order valence-electron chi connectivity index (χ0n) is 11.3. The van der Waals surface area contributed by atoms with Gasteiger partial charge in [-0.1, -0.05) is 15.9 Å². The molecule has 0 aromatic carbocycles. The van der Waals surface area contributed by atoms with Crippen molar-refractivity contribution >= 4 is 27.9 Å². The van der Waals surface area contributed by atoms with Crippen LogP contribution in [0.2, 0.25) is 0 Å². The number of piperidine rings is 1. The fraction of sp³-hybridized carbons (Fsp3) is 0.545. The Morgan fingerprint density at radius 3 is 2.45 bits per heavy atom. The number of hydrogen-bond donors (Lipinski definition) is 2. The number of hydrogen-bond acceptors (Lipinski definition) is 7. The molecule has 0 unspecified atom stereocenters. The van der Waals surface area contributed by atoms with Gasteiger partial charge < -0.3 is 15.4 Å². The van der Waals surface area contributed by atoms with Crippen molar-refractivity contribution in [2.24, 2.45) is 0 Å². The molecule has 0 amide bonds. The van der Waals surface area contributed by atoms with E-state index in [1.807, 2.05) is 0 Å². The Morgan fingerprint density at radius 1 is 1.45 bits per heavy atom. The number of carboxylic acid groups (broad SMARTS) is 2. The Morgan fingerprint density at radius 2 is 2.00 bits per heavy atom. The van der Waals surface area contributed by atoms with Crippen molar-refractivity contribution in [2.75, 3.05) is 13.1 Å². The lowest BCUT2D eigenvalue weighted by atomic mass is 10.1. The molecule has 2 heterocycles. The predicted octanol–water partition coefficient (Wildman–Crippen LogP) is -0.305. The van der Waals surface area contributed by atoms with Gasteiger partial charge in [0.1, 0.15) is 0 Å². The van der Waals surface area contributed by atoms with Crippen LogP contribution in [0.25, 0.3) is 0 Å². The van der Waals surface area contributed by atoms with E-state index in [9.17, 15) is 5.21 Å². The molecule has 0 saturated carbocycles. The topological polar surface area (TPSA) is 155 Å². The first kappa shape index (κ1) is 17.9. The van der Waals surface area contributed by atoms with Crippen LogP contribution >= 0.6 is 15.9 Å². The lowest BCUT2D eigenvalue weighted by Gasteiger charge is -2.27. The predicted molar refractivity (Wildman–Crippen MR) is 72.7 cm³/mol. The van der Waals surface area contributed by atoms with Gasteiger partial charge in [-0.25, -0.2) is 9.59 Å². The van der Waals surface area contributed by atoms with E-state index in [0.717, 1.165) is 25.9 Å². The van der Waals surface area contributed by atoms with E-state index in [4.69, 9.17) is 25.1 Å². The van der Waals surface area contributed by atoms with Crippen LogP contribution in [0, 0.1) is 16.5 Å². The van der Waals surface area contributed by atoms with E-state index in [2.05, 4.69) is 30.6 Å². The summed E-state index contributed by atoms with van der Waals surface area (Å²) in [4.78, 5) is 21.1. The summed E-state index contributed by atoms with van der Waals surface area (Å²) < 4.78 is 4.40. The van der Waals surface area contributed by atoms with Gasteiger partial charge in [0.15, 0.2) is 6.07 Å². The molecule has 1 aromatic rings. The molecule has 1 saturated heterocycles. The van der Waals surface area contributed by atoms with Gasteiger partial charge >= 0.3 is 11.9 Å². The minimum atomic E-state index is -1.82. The normalized spacial score (nSPS) is 15.5. The number of nitriles is 1. The molecule has 0 spiro atoms. The molecule has 120 valence electrons. The summed E-state index contributed by atoms with van der Waals surface area (Å²) in [6.07, 6.45) is 2.13. The number of aromatic nitrogens is 2. The van der Waals surface area contributed by atoms with Gasteiger partial charge in [-0.05, 0) is 30.8 Å². The quantitative estimate of drug-likeness (QED) is 0.401. The molecular formula is C11H13BrN4O6. The number of carbonyl (C=O) groups is 2. The molecule has 1 aromatic heterocycles. The van der Waals surface area contributed by atoms with Crippen molar-refractivity contribution in [1.29, 1.82) is 5.26 Å². The van der Waals surface area contributed by atoms with E-state index >= 15 is 0 Å². The van der Waals surface area contributed by atoms with Crippen LogP contribution < -0.4 is 4.90 Å². The van der Waals surface area contributed by atoms with Gasteiger partial charge in [-0.2, -0.15) is 5.26 Å². The second-order valence-electron chi connectivity index (χ2n) is 4.40. The number of carboxylic acids is 2. The summed E-state index contributed by atoms with van der Waals surface area (Å²) in [5, 5.41) is 38.1. The van der Waals surface area contributed by atoms with Crippen molar-refractivity contribution in [1.82, 2.24) is 10.1 Å². The van der Waals surface area contributed by atoms with Gasteiger partial charge in [-0.3, -0.25) is 9.53 Å². The molecule has 2 rings (SSSR count). The Kier molecular flexibility index (Phi) is 6.74. The summed E-state index contributed by atoms with van der Waals surface area (Å²) in [5.74, 6) is -3.65. The smallest absolute Gasteiger partial charge is 0.414 e. The van der Waals surface area contributed by atoms with E-state index < -0.39 is 11.9 Å². The molecule has 11 heteroatoms. The van der Waals surface area contributed by atoms with Gasteiger partial charge in [0.2, 0.25) is 0 Å². The zero-order valence-corrected chi connectivity index (χ0v) is 12.9. The summed E-state index contributed by atoms with van der Waals surface area (Å²) in [5.41, 5.74) is 0.381. The van der Waals surface area contributed by atoms with E-state index in [-0.39, 0.29) is 10.6 Å². The fourth-order valence-electron chi connectivity index (χ4n) is 1.76. The Labute approximate surface area is 133 Å². The summed E-state index contributed by atoms with van der Waals surface area (Å²) in [6.45, 7) is 2.38. The van der Waals surface area contributed by atoms with Crippen LogP contribution in [0.15, 0.2) is 4.63 Å². The van der Waals surface area contributed by atoms with Crippen LogP contribution in [0.5, 0.6) is 0 Å². The van der Waals surface area contributed by atoms with Gasteiger partial charge in [0, 0.05) is 9.98 Å². The van der Waals surface area contributed by atoms with E-state index in [1.54, 1.807) is 6.07 Å². The molecule has 0 radical (unpaired) electrons. The number of halogens is 1. The van der Waals surface area contributed by atoms with Gasteiger partial charge in [-0.15, -0.1) is 0 Å². The maximum Gasteiger partial charge on any atom is 0.414 e. The highest BCUT2D eigenvalue weighted by molar-refractivity contribution is 9.09. The first-order chi connectivity index (χ1) is 10.3. The standard InChI is InChI=1S/C9H11BrN4O2.C2H2O4/c10-7-1-3-13(4-2-7)6-8-9(5-11)14(15)16-12-8;3-1(4)2(5)6/h7H,1-4,6H2;(H,3,4)(H,5,6). The first-order valence-electron chi connectivity index (χ1n) is 6.16. The van der Waals surface area contributed by atoms with Crippen LogP contribution in [-0.4, -0.2) is 50.1 Å². The summed E-state index contributed by atoms with van der Waals surface area (Å²) >= 11 is 3.57.